The molecule has 0 saturated carbocycles. The van der Waals surface area contributed by atoms with Crippen molar-refractivity contribution in [2.75, 3.05) is 26.8 Å². The SMILES string of the molecule is COCCN(CC(=O)O)Cc1ccoc1. The third-order valence-corrected chi connectivity index (χ3v) is 1.96. The van der Waals surface area contributed by atoms with Crippen LogP contribution in [0.25, 0.3) is 0 Å². The van der Waals surface area contributed by atoms with Gasteiger partial charge in [-0.25, -0.2) is 0 Å². The molecule has 0 spiro atoms. The van der Waals surface area contributed by atoms with Crippen LogP contribution in [0.15, 0.2) is 23.0 Å². The number of rotatable bonds is 7. The van der Waals surface area contributed by atoms with E-state index in [1.54, 1.807) is 24.5 Å². The van der Waals surface area contributed by atoms with Gasteiger partial charge in [0.05, 0.1) is 25.7 Å². The zero-order valence-corrected chi connectivity index (χ0v) is 8.68. The van der Waals surface area contributed by atoms with E-state index >= 15 is 0 Å². The fraction of sp³-hybridized carbons (Fsp3) is 0.500. The summed E-state index contributed by atoms with van der Waals surface area (Å²) in [6, 6.07) is 1.82. The minimum Gasteiger partial charge on any atom is -0.480 e. The predicted molar refractivity (Wildman–Crippen MR) is 53.5 cm³/mol. The molecule has 0 radical (unpaired) electrons. The van der Waals surface area contributed by atoms with Crippen molar-refractivity contribution < 1.29 is 19.1 Å². The van der Waals surface area contributed by atoms with Crippen LogP contribution in [0.3, 0.4) is 0 Å². The van der Waals surface area contributed by atoms with Crippen molar-refractivity contribution in [2.45, 2.75) is 6.54 Å². The van der Waals surface area contributed by atoms with Crippen molar-refractivity contribution in [3.63, 3.8) is 0 Å². The van der Waals surface area contributed by atoms with Gasteiger partial charge in [-0.2, -0.15) is 0 Å². The third kappa shape index (κ3) is 4.62. The lowest BCUT2D eigenvalue weighted by atomic mass is 10.3. The topological polar surface area (TPSA) is 62.9 Å². The van der Waals surface area contributed by atoms with Gasteiger partial charge < -0.3 is 14.3 Å². The van der Waals surface area contributed by atoms with Gasteiger partial charge in [0.2, 0.25) is 0 Å². The number of hydrogen-bond donors (Lipinski definition) is 1. The van der Waals surface area contributed by atoms with Crippen molar-refractivity contribution in [3.05, 3.63) is 24.2 Å². The molecule has 84 valence electrons. The normalized spacial score (nSPS) is 10.8. The molecule has 1 heterocycles. The van der Waals surface area contributed by atoms with Gasteiger partial charge in [-0.1, -0.05) is 0 Å². The van der Waals surface area contributed by atoms with Gasteiger partial charge in [0.25, 0.3) is 0 Å². The second-order valence-electron chi connectivity index (χ2n) is 3.23. The van der Waals surface area contributed by atoms with E-state index < -0.39 is 5.97 Å². The van der Waals surface area contributed by atoms with E-state index in [1.165, 1.54) is 0 Å². The van der Waals surface area contributed by atoms with E-state index in [1.807, 2.05) is 6.07 Å². The van der Waals surface area contributed by atoms with Gasteiger partial charge in [-0.3, -0.25) is 9.69 Å². The molecule has 0 aromatic carbocycles. The molecular weight excluding hydrogens is 198 g/mol. The number of hydrogen-bond acceptors (Lipinski definition) is 4. The first kappa shape index (κ1) is 11.7. The number of furan rings is 1. The highest BCUT2D eigenvalue weighted by atomic mass is 16.5. The van der Waals surface area contributed by atoms with Gasteiger partial charge >= 0.3 is 5.97 Å². The van der Waals surface area contributed by atoms with E-state index in [0.717, 1.165) is 5.56 Å². The van der Waals surface area contributed by atoms with Crippen molar-refractivity contribution in [1.29, 1.82) is 0 Å². The Morgan fingerprint density at radius 3 is 3.00 bits per heavy atom. The van der Waals surface area contributed by atoms with E-state index in [0.29, 0.717) is 19.7 Å². The lowest BCUT2D eigenvalue weighted by Gasteiger charge is -2.18. The number of nitrogens with zero attached hydrogens (tertiary/aromatic N) is 1. The standard InChI is InChI=1S/C10H15NO4/c1-14-5-3-11(7-10(12)13)6-9-2-4-15-8-9/h2,4,8H,3,5-7H2,1H3,(H,12,13). The van der Waals surface area contributed by atoms with Crippen LogP contribution in [0.1, 0.15) is 5.56 Å². The summed E-state index contributed by atoms with van der Waals surface area (Å²) >= 11 is 0. The molecule has 0 fully saturated rings. The summed E-state index contributed by atoms with van der Waals surface area (Å²) < 4.78 is 9.83. The Bertz CT molecular complexity index is 284. The van der Waals surface area contributed by atoms with Gasteiger partial charge in [0.1, 0.15) is 0 Å². The fourth-order valence-corrected chi connectivity index (χ4v) is 1.27. The van der Waals surface area contributed by atoms with Gasteiger partial charge in [-0.05, 0) is 6.07 Å². The van der Waals surface area contributed by atoms with Crippen LogP contribution in [0.2, 0.25) is 0 Å². The summed E-state index contributed by atoms with van der Waals surface area (Å²) in [4.78, 5) is 12.4. The molecule has 1 N–H and O–H groups in total. The molecular formula is C10H15NO4. The molecule has 0 aliphatic rings. The Labute approximate surface area is 88.2 Å². The molecule has 5 nitrogen and oxygen atoms in total. The Morgan fingerprint density at radius 1 is 1.67 bits per heavy atom. The van der Waals surface area contributed by atoms with Crippen molar-refractivity contribution in [1.82, 2.24) is 4.90 Å². The number of ether oxygens (including phenoxy) is 1. The van der Waals surface area contributed by atoms with Crippen LogP contribution < -0.4 is 0 Å². The van der Waals surface area contributed by atoms with Crippen LogP contribution in [0, 0.1) is 0 Å². The maximum absolute atomic E-state index is 10.6. The van der Waals surface area contributed by atoms with Gasteiger partial charge in [-0.15, -0.1) is 0 Å². The summed E-state index contributed by atoms with van der Waals surface area (Å²) in [5, 5.41) is 8.71. The number of carbonyl (C=O) groups is 1. The Hall–Kier alpha value is -1.33. The summed E-state index contributed by atoms with van der Waals surface area (Å²) in [7, 11) is 1.59. The van der Waals surface area contributed by atoms with Crippen LogP contribution in [-0.4, -0.2) is 42.8 Å². The van der Waals surface area contributed by atoms with Crippen molar-refractivity contribution in [2.24, 2.45) is 0 Å². The molecule has 15 heavy (non-hydrogen) atoms. The Kier molecular flexibility index (Phi) is 4.86. The molecule has 0 aliphatic carbocycles. The summed E-state index contributed by atoms with van der Waals surface area (Å²) in [5.41, 5.74) is 0.965. The monoisotopic (exact) mass is 213 g/mol. The largest absolute Gasteiger partial charge is 0.480 e. The minimum absolute atomic E-state index is 0.00847. The van der Waals surface area contributed by atoms with Crippen LogP contribution in [0.5, 0.6) is 0 Å². The smallest absolute Gasteiger partial charge is 0.317 e. The van der Waals surface area contributed by atoms with Crippen LogP contribution >= 0.6 is 0 Å². The van der Waals surface area contributed by atoms with Crippen LogP contribution in [-0.2, 0) is 16.1 Å². The highest BCUT2D eigenvalue weighted by molar-refractivity contribution is 5.69. The highest BCUT2D eigenvalue weighted by Crippen LogP contribution is 2.04. The molecule has 0 aliphatic heterocycles. The number of carboxylic acid groups (broad SMARTS) is 1. The first-order valence-corrected chi connectivity index (χ1v) is 4.66. The molecule has 0 saturated heterocycles. The molecule has 1 aromatic rings. The van der Waals surface area contributed by atoms with Gasteiger partial charge in [0, 0.05) is 25.8 Å². The first-order valence-electron chi connectivity index (χ1n) is 4.66. The molecule has 5 heteroatoms. The summed E-state index contributed by atoms with van der Waals surface area (Å²) in [5.74, 6) is -0.838. The molecule has 1 aromatic heterocycles. The molecule has 0 atom stereocenters. The van der Waals surface area contributed by atoms with E-state index in [4.69, 9.17) is 14.3 Å². The minimum atomic E-state index is -0.838. The lowest BCUT2D eigenvalue weighted by Crippen LogP contribution is -2.32. The quantitative estimate of drug-likeness (QED) is 0.726. The average molecular weight is 213 g/mol. The lowest BCUT2D eigenvalue weighted by molar-refractivity contribution is -0.138. The fourth-order valence-electron chi connectivity index (χ4n) is 1.27. The molecule has 0 amide bonds. The molecule has 1 rings (SSSR count). The van der Waals surface area contributed by atoms with Crippen LogP contribution in [0.4, 0.5) is 0 Å². The highest BCUT2D eigenvalue weighted by Gasteiger charge is 2.10. The first-order chi connectivity index (χ1) is 7.22. The maximum Gasteiger partial charge on any atom is 0.317 e. The summed E-state index contributed by atoms with van der Waals surface area (Å²) in [6.07, 6.45) is 3.19. The number of carboxylic acids is 1. The predicted octanol–water partition coefficient (Wildman–Crippen LogP) is 0.813. The maximum atomic E-state index is 10.6. The number of aliphatic carboxylic acids is 1. The second-order valence-corrected chi connectivity index (χ2v) is 3.23. The zero-order valence-electron chi connectivity index (χ0n) is 8.68. The Morgan fingerprint density at radius 2 is 2.47 bits per heavy atom. The zero-order chi connectivity index (χ0) is 11.1. The molecule has 0 unspecified atom stereocenters. The molecule has 0 bridgehead atoms. The van der Waals surface area contributed by atoms with E-state index in [9.17, 15) is 4.79 Å². The van der Waals surface area contributed by atoms with Gasteiger partial charge in [0.15, 0.2) is 0 Å². The number of methoxy groups -OCH3 is 1. The van der Waals surface area contributed by atoms with E-state index in [-0.39, 0.29) is 6.54 Å². The van der Waals surface area contributed by atoms with E-state index in [2.05, 4.69) is 0 Å². The third-order valence-electron chi connectivity index (χ3n) is 1.96. The second kappa shape index (κ2) is 6.21. The Balaban J connectivity index is 2.44. The van der Waals surface area contributed by atoms with Crippen molar-refractivity contribution in [3.8, 4) is 0 Å². The average Bonchev–Trinajstić information content (AvgIpc) is 2.66. The van der Waals surface area contributed by atoms with Crippen molar-refractivity contribution >= 4 is 5.97 Å². The summed E-state index contributed by atoms with van der Waals surface area (Å²) in [6.45, 7) is 1.68.